The SMILES string of the molecule is COC(=O)c1cccc(-c2ccc(C3(NC(=O)C(C#N)=Cc4ncc(Br)cc4Br)CCCC3)cc2)c1. The summed E-state index contributed by atoms with van der Waals surface area (Å²) in [6.45, 7) is 0. The van der Waals surface area contributed by atoms with Gasteiger partial charge in [-0.15, -0.1) is 0 Å². The Hall–Kier alpha value is -3.28. The number of ether oxygens (including phenoxy) is 1. The zero-order valence-electron chi connectivity index (χ0n) is 19.6. The summed E-state index contributed by atoms with van der Waals surface area (Å²) in [7, 11) is 1.36. The number of amides is 1. The van der Waals surface area contributed by atoms with Gasteiger partial charge in [-0.2, -0.15) is 5.26 Å². The Kier molecular flexibility index (Phi) is 8.02. The number of methoxy groups -OCH3 is 1. The van der Waals surface area contributed by atoms with Crippen molar-refractivity contribution >= 4 is 49.8 Å². The highest BCUT2D eigenvalue weighted by Gasteiger charge is 2.37. The van der Waals surface area contributed by atoms with Gasteiger partial charge in [0.15, 0.2) is 0 Å². The van der Waals surface area contributed by atoms with Crippen molar-refractivity contribution in [2.24, 2.45) is 0 Å². The summed E-state index contributed by atoms with van der Waals surface area (Å²) in [5, 5.41) is 12.9. The van der Waals surface area contributed by atoms with Crippen LogP contribution in [0.1, 0.15) is 47.3 Å². The normalized spacial score (nSPS) is 14.7. The van der Waals surface area contributed by atoms with Crippen molar-refractivity contribution in [1.29, 1.82) is 5.26 Å². The van der Waals surface area contributed by atoms with Gasteiger partial charge in [0.05, 0.1) is 23.9 Å². The second-order valence-electron chi connectivity index (χ2n) is 8.58. The van der Waals surface area contributed by atoms with Gasteiger partial charge >= 0.3 is 5.97 Å². The number of hydrogen-bond acceptors (Lipinski definition) is 5. The average molecular weight is 609 g/mol. The Balaban J connectivity index is 1.60. The summed E-state index contributed by atoms with van der Waals surface area (Å²) < 4.78 is 6.30. The van der Waals surface area contributed by atoms with Crippen molar-refractivity contribution in [1.82, 2.24) is 10.3 Å². The molecule has 1 N–H and O–H groups in total. The lowest BCUT2D eigenvalue weighted by Crippen LogP contribution is -2.44. The number of carbonyl (C=O) groups is 2. The number of pyridine rings is 1. The number of esters is 1. The molecule has 1 heterocycles. The smallest absolute Gasteiger partial charge is 0.337 e. The lowest BCUT2D eigenvalue weighted by molar-refractivity contribution is -0.119. The Morgan fingerprint density at radius 1 is 1.08 bits per heavy atom. The van der Waals surface area contributed by atoms with Gasteiger partial charge in [-0.05, 0) is 85.7 Å². The van der Waals surface area contributed by atoms with Crippen molar-refractivity contribution in [2.75, 3.05) is 7.11 Å². The third-order valence-electron chi connectivity index (χ3n) is 6.35. The molecule has 1 aliphatic rings. The van der Waals surface area contributed by atoms with Crippen molar-refractivity contribution in [2.45, 2.75) is 31.2 Å². The van der Waals surface area contributed by atoms with E-state index in [1.54, 1.807) is 18.3 Å². The highest BCUT2D eigenvalue weighted by atomic mass is 79.9. The molecular weight excluding hydrogens is 586 g/mol. The van der Waals surface area contributed by atoms with Crippen LogP contribution in [0.15, 0.2) is 75.3 Å². The van der Waals surface area contributed by atoms with E-state index in [0.717, 1.165) is 46.8 Å². The number of rotatable bonds is 6. The average Bonchev–Trinajstić information content (AvgIpc) is 3.37. The summed E-state index contributed by atoms with van der Waals surface area (Å²) in [4.78, 5) is 29.4. The van der Waals surface area contributed by atoms with Gasteiger partial charge in [-0.1, -0.05) is 49.2 Å². The number of halogens is 2. The third-order valence-corrected chi connectivity index (χ3v) is 7.42. The fraction of sp³-hybridized carbons (Fsp3) is 0.214. The quantitative estimate of drug-likeness (QED) is 0.195. The van der Waals surface area contributed by atoms with Crippen LogP contribution in [0.4, 0.5) is 0 Å². The second-order valence-corrected chi connectivity index (χ2v) is 10.4. The molecule has 1 fully saturated rings. The molecule has 0 spiro atoms. The van der Waals surface area contributed by atoms with Crippen LogP contribution < -0.4 is 5.32 Å². The summed E-state index contributed by atoms with van der Waals surface area (Å²) in [6.07, 6.45) is 6.64. The van der Waals surface area contributed by atoms with Crippen molar-refractivity contribution < 1.29 is 14.3 Å². The molecule has 182 valence electrons. The molecule has 0 saturated heterocycles. The van der Waals surface area contributed by atoms with Gasteiger partial charge in [-0.3, -0.25) is 9.78 Å². The third kappa shape index (κ3) is 5.58. The molecule has 3 aromatic rings. The molecular formula is C28H23Br2N3O3. The number of aromatic nitrogens is 1. The van der Waals surface area contributed by atoms with Crippen LogP contribution in [-0.4, -0.2) is 24.0 Å². The molecule has 0 atom stereocenters. The van der Waals surface area contributed by atoms with Crippen LogP contribution in [0.25, 0.3) is 17.2 Å². The van der Waals surface area contributed by atoms with E-state index in [9.17, 15) is 14.9 Å². The second kappa shape index (κ2) is 11.2. The molecule has 1 aromatic heterocycles. The van der Waals surface area contributed by atoms with E-state index < -0.39 is 11.4 Å². The maximum absolute atomic E-state index is 13.2. The first-order valence-corrected chi connectivity index (χ1v) is 13.0. The van der Waals surface area contributed by atoms with Crippen LogP contribution in [0.2, 0.25) is 0 Å². The van der Waals surface area contributed by atoms with Crippen LogP contribution in [0.5, 0.6) is 0 Å². The van der Waals surface area contributed by atoms with E-state index in [4.69, 9.17) is 4.74 Å². The van der Waals surface area contributed by atoms with Gasteiger partial charge < -0.3 is 10.1 Å². The highest BCUT2D eigenvalue weighted by Crippen LogP contribution is 2.40. The maximum atomic E-state index is 13.2. The monoisotopic (exact) mass is 607 g/mol. The first-order chi connectivity index (χ1) is 17.3. The summed E-state index contributed by atoms with van der Waals surface area (Å²) >= 11 is 6.78. The van der Waals surface area contributed by atoms with E-state index in [1.165, 1.54) is 13.2 Å². The highest BCUT2D eigenvalue weighted by molar-refractivity contribution is 9.11. The van der Waals surface area contributed by atoms with E-state index in [1.807, 2.05) is 48.5 Å². The predicted octanol–water partition coefficient (Wildman–Crippen LogP) is 6.55. The van der Waals surface area contributed by atoms with E-state index in [-0.39, 0.29) is 11.5 Å². The fourth-order valence-electron chi connectivity index (χ4n) is 4.49. The molecule has 4 rings (SSSR count). The van der Waals surface area contributed by atoms with E-state index in [2.05, 4.69) is 42.2 Å². The topological polar surface area (TPSA) is 92.1 Å². The molecule has 0 aliphatic heterocycles. The Morgan fingerprint density at radius 2 is 1.81 bits per heavy atom. The zero-order valence-corrected chi connectivity index (χ0v) is 22.7. The van der Waals surface area contributed by atoms with Crippen LogP contribution in [0, 0.1) is 11.3 Å². The van der Waals surface area contributed by atoms with Gasteiger partial charge in [0, 0.05) is 15.1 Å². The van der Waals surface area contributed by atoms with Crippen molar-refractivity contribution in [3.63, 3.8) is 0 Å². The minimum atomic E-state index is -0.552. The molecule has 1 saturated carbocycles. The Bertz CT molecular complexity index is 1370. The number of nitriles is 1. The molecule has 2 aromatic carbocycles. The van der Waals surface area contributed by atoms with Crippen LogP contribution in [-0.2, 0) is 15.1 Å². The summed E-state index contributed by atoms with van der Waals surface area (Å²) in [5.74, 6) is -0.807. The number of hydrogen-bond donors (Lipinski definition) is 1. The Morgan fingerprint density at radius 3 is 2.44 bits per heavy atom. The zero-order chi connectivity index (χ0) is 25.7. The van der Waals surface area contributed by atoms with Crippen LogP contribution in [0.3, 0.4) is 0 Å². The van der Waals surface area contributed by atoms with Gasteiger partial charge in [0.1, 0.15) is 11.6 Å². The minimum absolute atomic E-state index is 0.00644. The van der Waals surface area contributed by atoms with Gasteiger partial charge in [-0.25, -0.2) is 4.79 Å². The van der Waals surface area contributed by atoms with E-state index >= 15 is 0 Å². The number of carbonyl (C=O) groups excluding carboxylic acids is 2. The van der Waals surface area contributed by atoms with Gasteiger partial charge in [0.25, 0.3) is 5.91 Å². The molecule has 6 nitrogen and oxygen atoms in total. The number of nitrogens with one attached hydrogen (secondary N) is 1. The molecule has 0 unspecified atom stereocenters. The minimum Gasteiger partial charge on any atom is -0.465 e. The standard InChI is InChI=1S/C28H23Br2N3O3/c1-36-27(35)20-6-4-5-19(13-20)18-7-9-22(10-8-18)28(11-2-3-12-28)33-26(34)21(16-31)14-25-24(30)15-23(29)17-32-25/h4-10,13-15,17H,2-3,11-12H2,1H3,(H,33,34). The lowest BCUT2D eigenvalue weighted by atomic mass is 9.86. The van der Waals surface area contributed by atoms with Crippen molar-refractivity contribution in [3.8, 4) is 17.2 Å². The molecule has 0 bridgehead atoms. The summed E-state index contributed by atoms with van der Waals surface area (Å²) in [6, 6.07) is 19.1. The maximum Gasteiger partial charge on any atom is 0.337 e. The first-order valence-electron chi connectivity index (χ1n) is 11.4. The number of nitrogens with zero attached hydrogens (tertiary/aromatic N) is 2. The van der Waals surface area contributed by atoms with Crippen molar-refractivity contribution in [3.05, 3.63) is 92.1 Å². The summed E-state index contributed by atoms with van der Waals surface area (Å²) in [5.41, 5.74) is 3.27. The molecule has 8 heteroatoms. The molecule has 1 amide bonds. The van der Waals surface area contributed by atoms with E-state index in [0.29, 0.717) is 15.7 Å². The fourth-order valence-corrected chi connectivity index (χ4v) is 5.59. The molecule has 36 heavy (non-hydrogen) atoms. The van der Waals surface area contributed by atoms with Gasteiger partial charge in [0.2, 0.25) is 0 Å². The predicted molar refractivity (Wildman–Crippen MR) is 145 cm³/mol. The largest absolute Gasteiger partial charge is 0.465 e. The first kappa shape index (κ1) is 25.8. The van der Waals surface area contributed by atoms with Crippen LogP contribution >= 0.6 is 31.9 Å². The Labute approximate surface area is 226 Å². The number of benzene rings is 2. The molecule has 1 aliphatic carbocycles. The lowest BCUT2D eigenvalue weighted by Gasteiger charge is -2.31. The molecule has 0 radical (unpaired) electrons.